The lowest BCUT2D eigenvalue weighted by Gasteiger charge is -2.14. The fourth-order valence-electron chi connectivity index (χ4n) is 5.22. The molecule has 0 N–H and O–H groups in total. The molecule has 7 aromatic rings. The van der Waals surface area contributed by atoms with Crippen LogP contribution in [0.5, 0.6) is 0 Å². The van der Waals surface area contributed by atoms with E-state index in [4.69, 9.17) is 4.42 Å². The summed E-state index contributed by atoms with van der Waals surface area (Å²) in [6.45, 7) is 0. The third-order valence-electron chi connectivity index (χ3n) is 6.69. The van der Waals surface area contributed by atoms with Gasteiger partial charge in [-0.05, 0) is 73.4 Å². The molecule has 3 heteroatoms. The molecule has 0 bridgehead atoms. The maximum absolute atomic E-state index is 9.71. The standard InChI is InChI=1S/C30H14N2O/c31-15-18-11-23-25-14-29-26(21-7-3-4-8-28(21)33-29)13-24(25)22-10-9-17-5-1-2-6-20(17)30(22)27(23)12-19(18)16-32/h1-14H. The van der Waals surface area contributed by atoms with Crippen molar-refractivity contribution >= 4 is 65.0 Å². The zero-order valence-electron chi connectivity index (χ0n) is 17.4. The molecule has 0 aliphatic rings. The second-order valence-corrected chi connectivity index (χ2v) is 8.37. The van der Waals surface area contributed by atoms with Gasteiger partial charge in [0.2, 0.25) is 0 Å². The van der Waals surface area contributed by atoms with Crippen molar-refractivity contribution in [1.29, 1.82) is 10.5 Å². The predicted molar refractivity (Wildman–Crippen MR) is 133 cm³/mol. The van der Waals surface area contributed by atoms with Crippen molar-refractivity contribution in [3.8, 4) is 12.1 Å². The van der Waals surface area contributed by atoms with Gasteiger partial charge in [-0.1, -0.05) is 54.6 Å². The fraction of sp³-hybridized carbons (Fsp3) is 0. The van der Waals surface area contributed by atoms with E-state index >= 15 is 0 Å². The summed E-state index contributed by atoms with van der Waals surface area (Å²) in [5, 5.41) is 30.1. The molecule has 150 valence electrons. The normalized spacial score (nSPS) is 11.6. The van der Waals surface area contributed by atoms with Crippen LogP contribution in [-0.4, -0.2) is 0 Å². The average molecular weight is 418 g/mol. The number of nitriles is 2. The second-order valence-electron chi connectivity index (χ2n) is 8.37. The van der Waals surface area contributed by atoms with Crippen LogP contribution < -0.4 is 0 Å². The summed E-state index contributed by atoms with van der Waals surface area (Å²) in [6, 6.07) is 33.1. The summed E-state index contributed by atoms with van der Waals surface area (Å²) in [5.41, 5.74) is 2.44. The molecule has 0 saturated carbocycles. The molecule has 1 aromatic heterocycles. The Morgan fingerprint density at radius 3 is 1.97 bits per heavy atom. The van der Waals surface area contributed by atoms with Crippen LogP contribution in [0.2, 0.25) is 0 Å². The van der Waals surface area contributed by atoms with Gasteiger partial charge in [-0.3, -0.25) is 0 Å². The molecule has 0 fully saturated rings. The topological polar surface area (TPSA) is 60.7 Å². The SMILES string of the molecule is N#Cc1cc2c3cc4oc5ccccc5c4cc3c3ccc4ccccc4c3c2cc1C#N. The Balaban J connectivity index is 1.83. The predicted octanol–water partition coefficient (Wildman–Crippen LogP) is 7.94. The van der Waals surface area contributed by atoms with Crippen molar-refractivity contribution in [3.05, 3.63) is 96.1 Å². The second kappa shape index (κ2) is 6.33. The first kappa shape index (κ1) is 17.8. The largest absolute Gasteiger partial charge is 0.456 e. The van der Waals surface area contributed by atoms with E-state index in [1.165, 1.54) is 0 Å². The lowest BCUT2D eigenvalue weighted by Crippen LogP contribution is -1.90. The van der Waals surface area contributed by atoms with E-state index in [-0.39, 0.29) is 0 Å². The quantitative estimate of drug-likeness (QED) is 0.235. The molecule has 7 rings (SSSR count). The van der Waals surface area contributed by atoms with Gasteiger partial charge >= 0.3 is 0 Å². The Kier molecular flexibility index (Phi) is 3.41. The molecule has 6 aromatic carbocycles. The molecule has 0 aliphatic carbocycles. The first-order valence-electron chi connectivity index (χ1n) is 10.7. The lowest BCUT2D eigenvalue weighted by molar-refractivity contribution is 0.669. The third-order valence-corrected chi connectivity index (χ3v) is 6.69. The summed E-state index contributed by atoms with van der Waals surface area (Å²) in [7, 11) is 0. The summed E-state index contributed by atoms with van der Waals surface area (Å²) in [6.07, 6.45) is 0. The molecule has 0 amide bonds. The van der Waals surface area contributed by atoms with Crippen LogP contribution in [0.25, 0.3) is 65.0 Å². The van der Waals surface area contributed by atoms with E-state index in [0.717, 1.165) is 65.0 Å². The van der Waals surface area contributed by atoms with Gasteiger partial charge in [0, 0.05) is 10.8 Å². The molecule has 0 saturated heterocycles. The van der Waals surface area contributed by atoms with Crippen molar-refractivity contribution in [2.24, 2.45) is 0 Å². The summed E-state index contributed by atoms with van der Waals surface area (Å²) < 4.78 is 6.18. The molecule has 33 heavy (non-hydrogen) atoms. The van der Waals surface area contributed by atoms with Crippen LogP contribution in [0.3, 0.4) is 0 Å². The van der Waals surface area contributed by atoms with Gasteiger partial charge in [-0.2, -0.15) is 10.5 Å². The van der Waals surface area contributed by atoms with E-state index in [9.17, 15) is 10.5 Å². The highest BCUT2D eigenvalue weighted by molar-refractivity contribution is 6.33. The van der Waals surface area contributed by atoms with Crippen molar-refractivity contribution in [1.82, 2.24) is 0 Å². The van der Waals surface area contributed by atoms with Crippen LogP contribution >= 0.6 is 0 Å². The molecule has 3 nitrogen and oxygen atoms in total. The summed E-state index contributed by atoms with van der Waals surface area (Å²) in [5.74, 6) is 0. The molecular formula is C30H14N2O. The van der Waals surface area contributed by atoms with E-state index in [0.29, 0.717) is 11.1 Å². The third kappa shape index (κ3) is 2.31. The minimum atomic E-state index is 0.385. The van der Waals surface area contributed by atoms with E-state index in [1.807, 2.05) is 42.5 Å². The first-order chi connectivity index (χ1) is 16.3. The first-order valence-corrected chi connectivity index (χ1v) is 10.7. The Bertz CT molecular complexity index is 2050. The molecule has 0 unspecified atom stereocenters. The van der Waals surface area contributed by atoms with Crippen LogP contribution in [0.15, 0.2) is 89.3 Å². The van der Waals surface area contributed by atoms with Gasteiger partial charge in [0.15, 0.2) is 0 Å². The van der Waals surface area contributed by atoms with E-state index < -0.39 is 0 Å². The maximum Gasteiger partial charge on any atom is 0.136 e. The molecule has 1 heterocycles. The van der Waals surface area contributed by atoms with Crippen LogP contribution in [0.1, 0.15) is 11.1 Å². The molecule has 0 aliphatic heterocycles. The summed E-state index contributed by atoms with van der Waals surface area (Å²) >= 11 is 0. The van der Waals surface area contributed by atoms with Crippen molar-refractivity contribution in [2.75, 3.05) is 0 Å². The molecule has 0 atom stereocenters. The number of furan rings is 1. The highest BCUT2D eigenvalue weighted by Gasteiger charge is 2.17. The number of nitrogens with zero attached hydrogens (tertiary/aromatic N) is 2. The monoisotopic (exact) mass is 418 g/mol. The van der Waals surface area contributed by atoms with Crippen molar-refractivity contribution in [2.45, 2.75) is 0 Å². The fourth-order valence-corrected chi connectivity index (χ4v) is 5.22. The Morgan fingerprint density at radius 2 is 1.15 bits per heavy atom. The van der Waals surface area contributed by atoms with Gasteiger partial charge in [0.25, 0.3) is 0 Å². The van der Waals surface area contributed by atoms with Crippen LogP contribution in [0.4, 0.5) is 0 Å². The van der Waals surface area contributed by atoms with Crippen molar-refractivity contribution < 1.29 is 4.42 Å². The number of hydrogen-bond acceptors (Lipinski definition) is 3. The van der Waals surface area contributed by atoms with Gasteiger partial charge < -0.3 is 4.42 Å². The highest BCUT2D eigenvalue weighted by atomic mass is 16.3. The lowest BCUT2D eigenvalue weighted by atomic mass is 9.88. The minimum Gasteiger partial charge on any atom is -0.456 e. The Morgan fingerprint density at radius 1 is 0.485 bits per heavy atom. The Hall–Kier alpha value is -4.86. The average Bonchev–Trinajstić information content (AvgIpc) is 3.24. The molecular weight excluding hydrogens is 404 g/mol. The zero-order valence-corrected chi connectivity index (χ0v) is 17.4. The smallest absolute Gasteiger partial charge is 0.136 e. The van der Waals surface area contributed by atoms with Crippen molar-refractivity contribution in [3.63, 3.8) is 0 Å². The van der Waals surface area contributed by atoms with Crippen LogP contribution in [-0.2, 0) is 0 Å². The molecule has 0 spiro atoms. The number of para-hydroxylation sites is 1. The number of fused-ring (bicyclic) bond motifs is 11. The van der Waals surface area contributed by atoms with Gasteiger partial charge in [0.05, 0.1) is 11.1 Å². The molecule has 0 radical (unpaired) electrons. The van der Waals surface area contributed by atoms with Crippen LogP contribution in [0, 0.1) is 22.7 Å². The number of benzene rings is 6. The van der Waals surface area contributed by atoms with E-state index in [2.05, 4.69) is 54.6 Å². The number of rotatable bonds is 0. The summed E-state index contributed by atoms with van der Waals surface area (Å²) in [4.78, 5) is 0. The Labute approximate surface area is 188 Å². The maximum atomic E-state index is 9.71. The zero-order chi connectivity index (χ0) is 22.1. The highest BCUT2D eigenvalue weighted by Crippen LogP contribution is 2.42. The van der Waals surface area contributed by atoms with Gasteiger partial charge in [0.1, 0.15) is 23.3 Å². The van der Waals surface area contributed by atoms with Gasteiger partial charge in [-0.15, -0.1) is 0 Å². The number of hydrogen-bond donors (Lipinski definition) is 0. The minimum absolute atomic E-state index is 0.385. The van der Waals surface area contributed by atoms with E-state index in [1.54, 1.807) is 0 Å². The van der Waals surface area contributed by atoms with Gasteiger partial charge in [-0.25, -0.2) is 0 Å².